The summed E-state index contributed by atoms with van der Waals surface area (Å²) < 4.78 is 0.917. The summed E-state index contributed by atoms with van der Waals surface area (Å²) in [6.45, 7) is 0. The number of carboxylic acid groups (broad SMARTS) is 1. The Balaban J connectivity index is 1.70. The lowest BCUT2D eigenvalue weighted by molar-refractivity contribution is -0.139. The lowest BCUT2D eigenvalue weighted by Gasteiger charge is -2.15. The number of carbonyl (C=O) groups is 2. The molecule has 0 radical (unpaired) electrons. The van der Waals surface area contributed by atoms with Gasteiger partial charge in [0.15, 0.2) is 0 Å². The largest absolute Gasteiger partial charge is 0.480 e. The molecule has 0 bridgehead atoms. The van der Waals surface area contributed by atoms with E-state index in [1.807, 2.05) is 66.7 Å². The number of amides is 1. The van der Waals surface area contributed by atoms with E-state index in [9.17, 15) is 14.7 Å². The topological polar surface area (TPSA) is 66.4 Å². The van der Waals surface area contributed by atoms with Crippen LogP contribution in [0.2, 0.25) is 0 Å². The lowest BCUT2D eigenvalue weighted by Crippen LogP contribution is -2.42. The number of benzene rings is 3. The summed E-state index contributed by atoms with van der Waals surface area (Å²) in [6.07, 6.45) is 0.219. The van der Waals surface area contributed by atoms with Gasteiger partial charge in [-0.05, 0) is 41.0 Å². The quantitative estimate of drug-likeness (QED) is 0.611. The van der Waals surface area contributed by atoms with Crippen LogP contribution in [0.15, 0.2) is 83.3 Å². The van der Waals surface area contributed by atoms with Crippen LogP contribution in [-0.2, 0) is 11.2 Å². The molecule has 0 saturated heterocycles. The van der Waals surface area contributed by atoms with Crippen LogP contribution >= 0.6 is 15.9 Å². The highest BCUT2D eigenvalue weighted by molar-refractivity contribution is 9.10. The van der Waals surface area contributed by atoms with Crippen molar-refractivity contribution >= 4 is 27.8 Å². The van der Waals surface area contributed by atoms with Crippen molar-refractivity contribution in [1.29, 1.82) is 0 Å². The molecular formula is C22H18BrNO3. The van der Waals surface area contributed by atoms with Crippen LogP contribution in [0, 0.1) is 0 Å². The predicted octanol–water partition coefficient (Wildman–Crippen LogP) is 4.54. The van der Waals surface area contributed by atoms with Gasteiger partial charge in [0.25, 0.3) is 5.91 Å². The Bertz CT molecular complexity index is 922. The van der Waals surface area contributed by atoms with Crippen molar-refractivity contribution in [3.05, 3.63) is 94.5 Å². The maximum atomic E-state index is 12.5. The molecule has 0 unspecified atom stereocenters. The number of hydrogen-bond donors (Lipinski definition) is 2. The molecule has 0 aromatic heterocycles. The molecule has 2 N–H and O–H groups in total. The smallest absolute Gasteiger partial charge is 0.326 e. The van der Waals surface area contributed by atoms with Gasteiger partial charge in [0.2, 0.25) is 0 Å². The third kappa shape index (κ3) is 5.05. The summed E-state index contributed by atoms with van der Waals surface area (Å²) in [4.78, 5) is 24.0. The Labute approximate surface area is 166 Å². The first-order valence-corrected chi connectivity index (χ1v) is 9.26. The summed E-state index contributed by atoms with van der Waals surface area (Å²) in [5.74, 6) is -1.47. The van der Waals surface area contributed by atoms with Gasteiger partial charge in [-0.15, -0.1) is 0 Å². The molecule has 3 aromatic rings. The van der Waals surface area contributed by atoms with Gasteiger partial charge in [0, 0.05) is 16.5 Å². The zero-order valence-corrected chi connectivity index (χ0v) is 16.0. The first-order valence-electron chi connectivity index (χ1n) is 8.46. The monoisotopic (exact) mass is 423 g/mol. The fraction of sp³-hybridized carbons (Fsp3) is 0.0909. The zero-order valence-electron chi connectivity index (χ0n) is 14.4. The highest BCUT2D eigenvalue weighted by atomic mass is 79.9. The fourth-order valence-corrected chi connectivity index (χ4v) is 3.01. The van der Waals surface area contributed by atoms with Crippen LogP contribution in [0.1, 0.15) is 15.9 Å². The minimum Gasteiger partial charge on any atom is -0.480 e. The summed E-state index contributed by atoms with van der Waals surface area (Å²) in [7, 11) is 0. The number of aliphatic carboxylic acids is 1. The van der Waals surface area contributed by atoms with Crippen LogP contribution in [0.3, 0.4) is 0 Å². The van der Waals surface area contributed by atoms with E-state index in [0.717, 1.165) is 21.2 Å². The molecule has 3 aromatic carbocycles. The Morgan fingerprint density at radius 3 is 2.04 bits per heavy atom. The summed E-state index contributed by atoms with van der Waals surface area (Å²) >= 11 is 3.35. The minimum absolute atomic E-state index is 0.219. The molecule has 1 atom stereocenters. The van der Waals surface area contributed by atoms with Gasteiger partial charge in [-0.2, -0.15) is 0 Å². The molecule has 0 fully saturated rings. The Morgan fingerprint density at radius 2 is 1.44 bits per heavy atom. The van der Waals surface area contributed by atoms with Gasteiger partial charge in [0.1, 0.15) is 6.04 Å². The van der Waals surface area contributed by atoms with Crippen LogP contribution in [0.5, 0.6) is 0 Å². The van der Waals surface area contributed by atoms with Gasteiger partial charge in [-0.25, -0.2) is 4.79 Å². The molecule has 5 heteroatoms. The average Bonchev–Trinajstić information content (AvgIpc) is 2.69. The SMILES string of the molecule is O=C(N[C@@H](Cc1ccc(Br)cc1)C(=O)O)c1ccc(-c2ccccc2)cc1. The van der Waals surface area contributed by atoms with Crippen molar-refractivity contribution in [2.75, 3.05) is 0 Å². The second kappa shape index (κ2) is 8.64. The van der Waals surface area contributed by atoms with Crippen LogP contribution in [0.25, 0.3) is 11.1 Å². The zero-order chi connectivity index (χ0) is 19.2. The Hall–Kier alpha value is -2.92. The van der Waals surface area contributed by atoms with Crippen molar-refractivity contribution in [2.45, 2.75) is 12.5 Å². The second-order valence-electron chi connectivity index (χ2n) is 6.14. The maximum Gasteiger partial charge on any atom is 0.326 e. The van der Waals surface area contributed by atoms with Crippen molar-refractivity contribution in [1.82, 2.24) is 5.32 Å². The van der Waals surface area contributed by atoms with E-state index in [2.05, 4.69) is 21.2 Å². The Kier molecular flexibility index (Phi) is 6.04. The Morgan fingerprint density at radius 1 is 0.852 bits per heavy atom. The van der Waals surface area contributed by atoms with Gasteiger partial charge in [-0.3, -0.25) is 4.79 Å². The third-order valence-corrected chi connectivity index (χ3v) is 4.74. The minimum atomic E-state index is -1.06. The van der Waals surface area contributed by atoms with E-state index in [0.29, 0.717) is 5.56 Å². The molecular weight excluding hydrogens is 406 g/mol. The molecule has 4 nitrogen and oxygen atoms in total. The maximum absolute atomic E-state index is 12.5. The standard InChI is InChI=1S/C22H18BrNO3/c23-19-12-6-15(7-13-19)14-20(22(26)27)24-21(25)18-10-8-17(9-11-18)16-4-2-1-3-5-16/h1-13,20H,14H2,(H,24,25)(H,26,27)/t20-/m0/s1. The number of hydrogen-bond acceptors (Lipinski definition) is 2. The third-order valence-electron chi connectivity index (χ3n) is 4.21. The van der Waals surface area contributed by atoms with E-state index in [4.69, 9.17) is 0 Å². The molecule has 0 aliphatic heterocycles. The van der Waals surface area contributed by atoms with E-state index < -0.39 is 17.9 Å². The number of carbonyl (C=O) groups excluding carboxylic acids is 1. The van der Waals surface area contributed by atoms with Crippen molar-refractivity contribution in [3.8, 4) is 11.1 Å². The summed E-state index contributed by atoms with van der Waals surface area (Å²) in [6, 6.07) is 23.3. The molecule has 3 rings (SSSR count). The van der Waals surface area contributed by atoms with Crippen molar-refractivity contribution in [3.63, 3.8) is 0 Å². The van der Waals surface area contributed by atoms with Gasteiger partial charge >= 0.3 is 5.97 Å². The first-order chi connectivity index (χ1) is 13.0. The lowest BCUT2D eigenvalue weighted by atomic mass is 10.0. The highest BCUT2D eigenvalue weighted by Gasteiger charge is 2.21. The van der Waals surface area contributed by atoms with Gasteiger partial charge < -0.3 is 10.4 Å². The summed E-state index contributed by atoms with van der Waals surface area (Å²) in [5, 5.41) is 12.1. The fourth-order valence-electron chi connectivity index (χ4n) is 2.74. The van der Waals surface area contributed by atoms with E-state index in [1.54, 1.807) is 12.1 Å². The number of nitrogens with one attached hydrogen (secondary N) is 1. The number of rotatable bonds is 6. The average molecular weight is 424 g/mol. The molecule has 136 valence electrons. The van der Waals surface area contributed by atoms with Gasteiger partial charge in [0.05, 0.1) is 0 Å². The van der Waals surface area contributed by atoms with E-state index in [-0.39, 0.29) is 6.42 Å². The predicted molar refractivity (Wildman–Crippen MR) is 109 cm³/mol. The van der Waals surface area contributed by atoms with Crippen LogP contribution in [-0.4, -0.2) is 23.0 Å². The van der Waals surface area contributed by atoms with Gasteiger partial charge in [-0.1, -0.05) is 70.5 Å². The highest BCUT2D eigenvalue weighted by Crippen LogP contribution is 2.19. The van der Waals surface area contributed by atoms with E-state index >= 15 is 0 Å². The summed E-state index contributed by atoms with van der Waals surface area (Å²) in [5.41, 5.74) is 3.32. The van der Waals surface area contributed by atoms with E-state index in [1.165, 1.54) is 0 Å². The molecule has 27 heavy (non-hydrogen) atoms. The molecule has 0 aliphatic rings. The van der Waals surface area contributed by atoms with Crippen molar-refractivity contribution in [2.24, 2.45) is 0 Å². The number of carboxylic acids is 1. The molecule has 0 aliphatic carbocycles. The number of halogens is 1. The normalized spacial score (nSPS) is 11.6. The molecule has 0 saturated carbocycles. The van der Waals surface area contributed by atoms with Crippen LogP contribution < -0.4 is 5.32 Å². The van der Waals surface area contributed by atoms with Crippen molar-refractivity contribution < 1.29 is 14.7 Å². The molecule has 0 heterocycles. The first kappa shape index (κ1) is 18.9. The molecule has 0 spiro atoms. The molecule has 1 amide bonds. The van der Waals surface area contributed by atoms with Crippen LogP contribution in [0.4, 0.5) is 0 Å². The second-order valence-corrected chi connectivity index (χ2v) is 7.05.